The normalized spacial score (nSPS) is 12.4. The Labute approximate surface area is 111 Å². The lowest BCUT2D eigenvalue weighted by Crippen LogP contribution is -2.32. The van der Waals surface area contributed by atoms with E-state index in [-0.39, 0.29) is 11.9 Å². The molecule has 1 rings (SSSR count). The number of aryl methyl sites for hydroxylation is 1. The first-order valence-corrected chi connectivity index (χ1v) is 7.76. The summed E-state index contributed by atoms with van der Waals surface area (Å²) >= 11 is 3.35. The molecule has 1 amide bonds. The summed E-state index contributed by atoms with van der Waals surface area (Å²) in [5.74, 6) is 2.20. The van der Waals surface area contributed by atoms with Crippen LogP contribution in [0, 0.1) is 6.92 Å². The van der Waals surface area contributed by atoms with Crippen molar-refractivity contribution in [2.24, 2.45) is 0 Å². The van der Waals surface area contributed by atoms with Gasteiger partial charge in [-0.1, -0.05) is 6.92 Å². The fourth-order valence-corrected chi connectivity index (χ4v) is 3.03. The van der Waals surface area contributed by atoms with Crippen molar-refractivity contribution in [2.45, 2.75) is 33.2 Å². The molecule has 5 heteroatoms. The van der Waals surface area contributed by atoms with Crippen LogP contribution < -0.4 is 11.1 Å². The van der Waals surface area contributed by atoms with E-state index in [0.29, 0.717) is 10.6 Å². The summed E-state index contributed by atoms with van der Waals surface area (Å²) in [6.07, 6.45) is 1.00. The maximum atomic E-state index is 11.9. The number of hydrogen-bond acceptors (Lipinski definition) is 4. The molecule has 0 saturated heterocycles. The second kappa shape index (κ2) is 6.91. The number of carbonyl (C=O) groups is 1. The highest BCUT2D eigenvalue weighted by atomic mass is 32.2. The van der Waals surface area contributed by atoms with Crippen LogP contribution in [0.5, 0.6) is 0 Å². The summed E-state index contributed by atoms with van der Waals surface area (Å²) in [4.78, 5) is 13.6. The minimum atomic E-state index is -0.0104. The maximum absolute atomic E-state index is 11.9. The zero-order chi connectivity index (χ0) is 12.8. The first-order valence-electron chi connectivity index (χ1n) is 5.79. The molecule has 0 spiro atoms. The summed E-state index contributed by atoms with van der Waals surface area (Å²) in [5.41, 5.74) is 6.44. The molecule has 17 heavy (non-hydrogen) atoms. The summed E-state index contributed by atoms with van der Waals surface area (Å²) in [5, 5.41) is 3.00. The number of thioether (sulfide) groups is 1. The highest BCUT2D eigenvalue weighted by molar-refractivity contribution is 7.99. The molecular formula is C12H20N2OS2. The summed E-state index contributed by atoms with van der Waals surface area (Å²) < 4.78 is 0. The molecule has 1 atom stereocenters. The van der Waals surface area contributed by atoms with Gasteiger partial charge in [0.25, 0.3) is 5.91 Å². The molecule has 3 N–H and O–H groups in total. The highest BCUT2D eigenvalue weighted by Crippen LogP contribution is 2.23. The third kappa shape index (κ3) is 4.60. The van der Waals surface area contributed by atoms with Gasteiger partial charge in [0.2, 0.25) is 0 Å². The van der Waals surface area contributed by atoms with Gasteiger partial charge in [0.05, 0.1) is 4.88 Å². The minimum Gasteiger partial charge on any atom is -0.398 e. The van der Waals surface area contributed by atoms with Crippen molar-refractivity contribution < 1.29 is 4.79 Å². The van der Waals surface area contributed by atoms with Crippen LogP contribution in [-0.4, -0.2) is 23.5 Å². The third-order valence-corrected chi connectivity index (χ3v) is 4.45. The predicted molar refractivity (Wildman–Crippen MR) is 78.0 cm³/mol. The molecule has 0 radical (unpaired) electrons. The van der Waals surface area contributed by atoms with Crippen molar-refractivity contribution in [1.29, 1.82) is 0 Å². The molecule has 1 unspecified atom stereocenters. The number of amides is 1. The van der Waals surface area contributed by atoms with Gasteiger partial charge < -0.3 is 11.1 Å². The van der Waals surface area contributed by atoms with Crippen LogP contribution in [0.3, 0.4) is 0 Å². The number of thiophene rings is 1. The van der Waals surface area contributed by atoms with E-state index in [2.05, 4.69) is 12.2 Å². The Morgan fingerprint density at radius 2 is 2.35 bits per heavy atom. The molecular weight excluding hydrogens is 252 g/mol. The first-order chi connectivity index (χ1) is 8.04. The summed E-state index contributed by atoms with van der Waals surface area (Å²) in [6, 6.07) is 1.97. The Balaban J connectivity index is 2.43. The van der Waals surface area contributed by atoms with Crippen LogP contribution in [0.15, 0.2) is 6.07 Å². The van der Waals surface area contributed by atoms with Crippen molar-refractivity contribution in [2.75, 3.05) is 17.2 Å². The second-order valence-corrected chi connectivity index (χ2v) is 6.63. The van der Waals surface area contributed by atoms with Crippen molar-refractivity contribution in [1.82, 2.24) is 5.32 Å². The molecule has 0 aliphatic heterocycles. The van der Waals surface area contributed by atoms with E-state index in [0.717, 1.165) is 22.8 Å². The van der Waals surface area contributed by atoms with E-state index in [9.17, 15) is 4.79 Å². The zero-order valence-electron chi connectivity index (χ0n) is 10.6. The number of carbonyl (C=O) groups excluding carboxylic acids is 1. The van der Waals surface area contributed by atoms with Crippen LogP contribution >= 0.6 is 23.1 Å². The third-order valence-electron chi connectivity index (χ3n) is 2.46. The van der Waals surface area contributed by atoms with Crippen molar-refractivity contribution in [3.05, 3.63) is 15.8 Å². The predicted octanol–water partition coefficient (Wildman–Crippen LogP) is 2.90. The summed E-state index contributed by atoms with van der Waals surface area (Å²) in [6.45, 7) is 6.11. The SMILES string of the molecule is CCSCCC(C)NC(=O)c1cc(N)c(C)s1. The molecule has 0 aliphatic rings. The van der Waals surface area contributed by atoms with Gasteiger partial charge in [-0.15, -0.1) is 11.3 Å². The zero-order valence-corrected chi connectivity index (χ0v) is 12.2. The van der Waals surface area contributed by atoms with Gasteiger partial charge in [0.1, 0.15) is 0 Å². The van der Waals surface area contributed by atoms with Gasteiger partial charge >= 0.3 is 0 Å². The minimum absolute atomic E-state index is 0.0104. The maximum Gasteiger partial charge on any atom is 0.261 e. The van der Waals surface area contributed by atoms with Crippen LogP contribution in [0.4, 0.5) is 5.69 Å². The molecule has 1 aromatic rings. The monoisotopic (exact) mass is 272 g/mol. The Hall–Kier alpha value is -0.680. The topological polar surface area (TPSA) is 55.1 Å². The van der Waals surface area contributed by atoms with Gasteiger partial charge in [-0.2, -0.15) is 11.8 Å². The van der Waals surface area contributed by atoms with Crippen molar-refractivity contribution in [3.8, 4) is 0 Å². The van der Waals surface area contributed by atoms with E-state index in [1.807, 2.05) is 25.6 Å². The summed E-state index contributed by atoms with van der Waals surface area (Å²) in [7, 11) is 0. The van der Waals surface area contributed by atoms with E-state index >= 15 is 0 Å². The van der Waals surface area contributed by atoms with E-state index in [4.69, 9.17) is 5.73 Å². The highest BCUT2D eigenvalue weighted by Gasteiger charge is 2.13. The fraction of sp³-hybridized carbons (Fsp3) is 0.583. The number of nitrogen functional groups attached to an aromatic ring is 1. The molecule has 1 aromatic heterocycles. The van der Waals surface area contributed by atoms with Crippen LogP contribution in [0.25, 0.3) is 0 Å². The average molecular weight is 272 g/mol. The van der Waals surface area contributed by atoms with E-state index < -0.39 is 0 Å². The van der Waals surface area contributed by atoms with Crippen molar-refractivity contribution >= 4 is 34.7 Å². The van der Waals surface area contributed by atoms with Crippen LogP contribution in [0.2, 0.25) is 0 Å². The van der Waals surface area contributed by atoms with E-state index in [1.165, 1.54) is 11.3 Å². The standard InChI is InChI=1S/C12H20N2OS2/c1-4-16-6-5-8(2)14-12(15)11-7-10(13)9(3)17-11/h7-8H,4-6,13H2,1-3H3,(H,14,15). The lowest BCUT2D eigenvalue weighted by Gasteiger charge is -2.12. The molecule has 0 bridgehead atoms. The van der Waals surface area contributed by atoms with Gasteiger partial charge in [-0.05, 0) is 37.8 Å². The van der Waals surface area contributed by atoms with Crippen LogP contribution in [0.1, 0.15) is 34.8 Å². The van der Waals surface area contributed by atoms with Crippen LogP contribution in [-0.2, 0) is 0 Å². The molecule has 0 aromatic carbocycles. The quantitative estimate of drug-likeness (QED) is 0.783. The second-order valence-electron chi connectivity index (χ2n) is 3.98. The molecule has 0 aliphatic carbocycles. The largest absolute Gasteiger partial charge is 0.398 e. The van der Waals surface area contributed by atoms with Gasteiger partial charge in [-0.3, -0.25) is 4.79 Å². The van der Waals surface area contributed by atoms with Gasteiger partial charge in [0, 0.05) is 16.6 Å². The average Bonchev–Trinajstić information content (AvgIpc) is 2.60. The van der Waals surface area contributed by atoms with Crippen molar-refractivity contribution in [3.63, 3.8) is 0 Å². The number of nitrogens with two attached hydrogens (primary N) is 1. The van der Waals surface area contributed by atoms with E-state index in [1.54, 1.807) is 6.07 Å². The fourth-order valence-electron chi connectivity index (χ4n) is 1.38. The molecule has 96 valence electrons. The van der Waals surface area contributed by atoms with Gasteiger partial charge in [0.15, 0.2) is 0 Å². The molecule has 3 nitrogen and oxygen atoms in total. The lowest BCUT2D eigenvalue weighted by molar-refractivity contribution is 0.0943. The Kier molecular flexibility index (Phi) is 5.85. The number of hydrogen-bond donors (Lipinski definition) is 2. The smallest absolute Gasteiger partial charge is 0.261 e. The Bertz CT molecular complexity index is 357. The molecule has 0 saturated carbocycles. The molecule has 1 heterocycles. The Morgan fingerprint density at radius 1 is 1.65 bits per heavy atom. The number of rotatable bonds is 6. The Morgan fingerprint density at radius 3 is 2.88 bits per heavy atom. The lowest BCUT2D eigenvalue weighted by atomic mass is 10.2. The first kappa shape index (κ1) is 14.4. The van der Waals surface area contributed by atoms with Gasteiger partial charge in [-0.25, -0.2) is 0 Å². The number of nitrogens with one attached hydrogen (secondary N) is 1. The number of anilines is 1. The molecule has 0 fully saturated rings.